The van der Waals surface area contributed by atoms with E-state index in [-0.39, 0.29) is 24.3 Å². The molecule has 0 saturated carbocycles. The number of aromatic nitrogens is 1. The van der Waals surface area contributed by atoms with Crippen molar-refractivity contribution in [2.24, 2.45) is 7.05 Å². The minimum Gasteiger partial charge on any atom is -0.477 e. The van der Waals surface area contributed by atoms with Gasteiger partial charge in [-0.15, -0.1) is 0 Å². The van der Waals surface area contributed by atoms with Gasteiger partial charge in [-0.1, -0.05) is 48.5 Å². The zero-order chi connectivity index (χ0) is 20.8. The van der Waals surface area contributed by atoms with Crippen LogP contribution in [0.3, 0.4) is 0 Å². The van der Waals surface area contributed by atoms with E-state index in [0.29, 0.717) is 19.5 Å². The maximum atomic E-state index is 12.8. The van der Waals surface area contributed by atoms with E-state index in [1.54, 1.807) is 22.6 Å². The van der Waals surface area contributed by atoms with E-state index in [4.69, 9.17) is 4.74 Å². The van der Waals surface area contributed by atoms with Gasteiger partial charge in [0.25, 0.3) is 0 Å². The quantitative estimate of drug-likeness (QED) is 0.718. The number of rotatable bonds is 3. The number of nitrogens with zero attached hydrogens (tertiary/aromatic N) is 2. The van der Waals surface area contributed by atoms with E-state index in [1.807, 2.05) is 24.3 Å². The van der Waals surface area contributed by atoms with Crippen molar-refractivity contribution in [1.29, 1.82) is 0 Å². The Morgan fingerprint density at radius 3 is 2.33 bits per heavy atom. The molecule has 0 unspecified atom stereocenters. The molecule has 0 spiro atoms. The van der Waals surface area contributed by atoms with Crippen molar-refractivity contribution in [3.63, 3.8) is 0 Å². The van der Waals surface area contributed by atoms with Gasteiger partial charge in [0.2, 0.25) is 0 Å². The lowest BCUT2D eigenvalue weighted by Crippen LogP contribution is -2.37. The molecule has 2 aromatic carbocycles. The van der Waals surface area contributed by atoms with Gasteiger partial charge >= 0.3 is 12.1 Å². The molecule has 0 radical (unpaired) electrons. The molecule has 30 heavy (non-hydrogen) atoms. The average Bonchev–Trinajstić information content (AvgIpc) is 3.27. The SMILES string of the molecule is Cn1c(C(=O)O)cc2c1CCN(C(=O)OCC1c3ccccc3-c3ccccc31)C2. The number of carbonyl (C=O) groups is 2. The van der Waals surface area contributed by atoms with Crippen molar-refractivity contribution in [3.05, 3.63) is 82.7 Å². The maximum Gasteiger partial charge on any atom is 0.410 e. The van der Waals surface area contributed by atoms with Crippen LogP contribution in [0.4, 0.5) is 4.79 Å². The van der Waals surface area contributed by atoms with Crippen molar-refractivity contribution in [2.45, 2.75) is 18.9 Å². The Labute approximate surface area is 174 Å². The van der Waals surface area contributed by atoms with Gasteiger partial charge in [-0.25, -0.2) is 9.59 Å². The van der Waals surface area contributed by atoms with Crippen LogP contribution in [-0.2, 0) is 24.8 Å². The van der Waals surface area contributed by atoms with Crippen molar-refractivity contribution in [2.75, 3.05) is 13.2 Å². The molecule has 2 heterocycles. The van der Waals surface area contributed by atoms with Crippen LogP contribution in [0.15, 0.2) is 54.6 Å². The summed E-state index contributed by atoms with van der Waals surface area (Å²) in [5, 5.41) is 9.33. The van der Waals surface area contributed by atoms with Crippen LogP contribution in [0, 0.1) is 0 Å². The molecule has 5 rings (SSSR count). The minimum atomic E-state index is -0.959. The molecule has 1 N–H and O–H groups in total. The number of aromatic carboxylic acids is 1. The average molecular weight is 402 g/mol. The molecule has 0 bridgehead atoms. The lowest BCUT2D eigenvalue weighted by atomic mass is 9.98. The predicted molar refractivity (Wildman–Crippen MR) is 112 cm³/mol. The number of carbonyl (C=O) groups excluding carboxylic acids is 1. The highest BCUT2D eigenvalue weighted by Crippen LogP contribution is 2.44. The van der Waals surface area contributed by atoms with Crippen LogP contribution >= 0.6 is 0 Å². The molecule has 0 atom stereocenters. The summed E-state index contributed by atoms with van der Waals surface area (Å²) in [5.74, 6) is -0.934. The van der Waals surface area contributed by atoms with Crippen molar-refractivity contribution in [3.8, 4) is 11.1 Å². The molecular formula is C24H22N2O4. The van der Waals surface area contributed by atoms with E-state index < -0.39 is 5.97 Å². The second-order valence-corrected chi connectivity index (χ2v) is 7.84. The Bertz CT molecular complexity index is 1120. The van der Waals surface area contributed by atoms with Crippen LogP contribution in [0.2, 0.25) is 0 Å². The summed E-state index contributed by atoms with van der Waals surface area (Å²) in [7, 11) is 1.76. The molecule has 2 aliphatic rings. The second-order valence-electron chi connectivity index (χ2n) is 7.84. The lowest BCUT2D eigenvalue weighted by Gasteiger charge is -2.27. The molecule has 1 aliphatic carbocycles. The first kappa shape index (κ1) is 18.5. The fourth-order valence-electron chi connectivity index (χ4n) is 4.74. The van der Waals surface area contributed by atoms with E-state index >= 15 is 0 Å². The van der Waals surface area contributed by atoms with Crippen LogP contribution in [0.5, 0.6) is 0 Å². The van der Waals surface area contributed by atoms with E-state index in [0.717, 1.165) is 11.3 Å². The van der Waals surface area contributed by atoms with E-state index in [2.05, 4.69) is 24.3 Å². The molecule has 6 heteroatoms. The van der Waals surface area contributed by atoms with Gasteiger partial charge in [0.1, 0.15) is 12.3 Å². The highest BCUT2D eigenvalue weighted by atomic mass is 16.6. The number of hydrogen-bond acceptors (Lipinski definition) is 3. The van der Waals surface area contributed by atoms with Gasteiger partial charge in [-0.2, -0.15) is 0 Å². The van der Waals surface area contributed by atoms with Gasteiger partial charge in [-0.05, 0) is 33.9 Å². The minimum absolute atomic E-state index is 0.0250. The summed E-state index contributed by atoms with van der Waals surface area (Å²) in [6, 6.07) is 18.1. The molecule has 152 valence electrons. The van der Waals surface area contributed by atoms with Crippen LogP contribution in [-0.4, -0.2) is 39.8 Å². The fraction of sp³-hybridized carbons (Fsp3) is 0.250. The fourth-order valence-corrected chi connectivity index (χ4v) is 4.74. The number of hydrogen-bond donors (Lipinski definition) is 1. The topological polar surface area (TPSA) is 71.8 Å². The monoisotopic (exact) mass is 402 g/mol. The first-order valence-corrected chi connectivity index (χ1v) is 10.0. The molecule has 1 amide bonds. The van der Waals surface area contributed by atoms with Crippen LogP contribution < -0.4 is 0 Å². The Morgan fingerprint density at radius 1 is 1.07 bits per heavy atom. The summed E-state index contributed by atoms with van der Waals surface area (Å²) >= 11 is 0. The number of carboxylic acids is 1. The smallest absolute Gasteiger partial charge is 0.410 e. The molecular weight excluding hydrogens is 380 g/mol. The van der Waals surface area contributed by atoms with Crippen LogP contribution in [0.1, 0.15) is 38.8 Å². The van der Waals surface area contributed by atoms with Crippen LogP contribution in [0.25, 0.3) is 11.1 Å². The van der Waals surface area contributed by atoms with Gasteiger partial charge in [0.15, 0.2) is 0 Å². The zero-order valence-electron chi connectivity index (χ0n) is 16.7. The predicted octanol–water partition coefficient (Wildman–Crippen LogP) is 4.03. The summed E-state index contributed by atoms with van der Waals surface area (Å²) in [4.78, 5) is 25.8. The largest absolute Gasteiger partial charge is 0.477 e. The number of ether oxygens (including phenoxy) is 1. The van der Waals surface area contributed by atoms with Gasteiger partial charge in [-0.3, -0.25) is 0 Å². The summed E-state index contributed by atoms with van der Waals surface area (Å²) < 4.78 is 7.44. The molecule has 3 aromatic rings. The Hall–Kier alpha value is -3.54. The molecule has 1 aromatic heterocycles. The van der Waals surface area contributed by atoms with E-state index in [1.165, 1.54) is 22.3 Å². The van der Waals surface area contributed by atoms with Gasteiger partial charge in [0.05, 0.1) is 6.54 Å². The third-order valence-electron chi connectivity index (χ3n) is 6.24. The molecule has 6 nitrogen and oxygen atoms in total. The third kappa shape index (κ3) is 2.87. The zero-order valence-corrected chi connectivity index (χ0v) is 16.7. The first-order valence-electron chi connectivity index (χ1n) is 10.0. The third-order valence-corrected chi connectivity index (χ3v) is 6.24. The van der Waals surface area contributed by atoms with Crippen molar-refractivity contribution < 1.29 is 19.4 Å². The number of fused-ring (bicyclic) bond motifs is 4. The summed E-state index contributed by atoms with van der Waals surface area (Å²) in [6.07, 6.45) is 0.256. The number of carboxylic acid groups (broad SMARTS) is 1. The lowest BCUT2D eigenvalue weighted by molar-refractivity contribution is 0.0685. The van der Waals surface area contributed by atoms with Crippen molar-refractivity contribution in [1.82, 2.24) is 9.47 Å². The Kier molecular flexibility index (Phi) is 4.35. The van der Waals surface area contributed by atoms with Gasteiger partial charge in [0, 0.05) is 31.6 Å². The first-order chi connectivity index (χ1) is 14.5. The molecule has 1 aliphatic heterocycles. The van der Waals surface area contributed by atoms with Gasteiger partial charge < -0.3 is 19.3 Å². The molecule has 0 fully saturated rings. The van der Waals surface area contributed by atoms with E-state index in [9.17, 15) is 14.7 Å². The Balaban J connectivity index is 1.32. The van der Waals surface area contributed by atoms with Crippen molar-refractivity contribution >= 4 is 12.1 Å². The standard InChI is InChI=1S/C24H22N2O4/c1-25-21-10-11-26(13-15(21)12-22(25)23(27)28)24(29)30-14-20-18-8-4-2-6-16(18)17-7-3-5-9-19(17)20/h2-9,12,20H,10-11,13-14H2,1H3,(H,27,28). The normalized spacial score (nSPS) is 14.8. The molecule has 0 saturated heterocycles. The highest BCUT2D eigenvalue weighted by molar-refractivity contribution is 5.86. The number of amides is 1. The summed E-state index contributed by atoms with van der Waals surface area (Å²) in [5.41, 5.74) is 6.84. The maximum absolute atomic E-state index is 12.8. The number of benzene rings is 2. The Morgan fingerprint density at radius 2 is 1.70 bits per heavy atom. The second kappa shape index (κ2) is 7.06. The summed E-state index contributed by atoms with van der Waals surface area (Å²) in [6.45, 7) is 1.17. The highest BCUT2D eigenvalue weighted by Gasteiger charge is 2.31.